The van der Waals surface area contributed by atoms with E-state index in [1.54, 1.807) is 0 Å². The molecule has 4 rings (SSSR count). The van der Waals surface area contributed by atoms with Crippen LogP contribution in [0.25, 0.3) is 5.65 Å². The molecular formula is C20H24Cl2N4O3. The standard InChI is InChI=1S/C20H22N4O3.2ClH/c25-20(11-16-13-26-9-7-21-16)23-15-4-3-5-18(10-15)27-14-17-12-24-8-2-1-6-19(24)22-17;;/h1-6,8,10,12,16,21H,7,9,11,13-14H2,(H,23,25);2*1H. The molecule has 0 bridgehead atoms. The Morgan fingerprint density at radius 2 is 2.17 bits per heavy atom. The van der Waals surface area contributed by atoms with Crippen LogP contribution in [0.5, 0.6) is 5.75 Å². The van der Waals surface area contributed by atoms with Crippen LogP contribution in [0.4, 0.5) is 5.69 Å². The molecule has 9 heteroatoms. The number of morpholine rings is 1. The number of amides is 1. The number of hydrogen-bond acceptors (Lipinski definition) is 5. The molecule has 1 aliphatic rings. The van der Waals surface area contributed by atoms with E-state index >= 15 is 0 Å². The molecule has 156 valence electrons. The Labute approximate surface area is 181 Å². The summed E-state index contributed by atoms with van der Waals surface area (Å²) in [7, 11) is 0. The number of benzene rings is 1. The number of rotatable bonds is 6. The van der Waals surface area contributed by atoms with E-state index in [4.69, 9.17) is 9.47 Å². The summed E-state index contributed by atoms with van der Waals surface area (Å²) in [5, 5.41) is 6.19. The summed E-state index contributed by atoms with van der Waals surface area (Å²) in [5.74, 6) is 0.638. The van der Waals surface area contributed by atoms with E-state index in [0.29, 0.717) is 37.7 Å². The summed E-state index contributed by atoms with van der Waals surface area (Å²) in [6.45, 7) is 2.41. The topological polar surface area (TPSA) is 76.9 Å². The van der Waals surface area contributed by atoms with Crippen LogP contribution >= 0.6 is 24.8 Å². The molecule has 1 aliphatic heterocycles. The number of pyridine rings is 1. The number of nitrogens with zero attached hydrogens (tertiary/aromatic N) is 2. The van der Waals surface area contributed by atoms with Crippen molar-refractivity contribution < 1.29 is 14.3 Å². The lowest BCUT2D eigenvalue weighted by Gasteiger charge is -2.23. The van der Waals surface area contributed by atoms with E-state index in [-0.39, 0.29) is 36.8 Å². The molecule has 1 amide bonds. The predicted molar refractivity (Wildman–Crippen MR) is 116 cm³/mol. The monoisotopic (exact) mass is 438 g/mol. The number of fused-ring (bicyclic) bond motifs is 1. The fourth-order valence-electron chi connectivity index (χ4n) is 3.06. The Kier molecular flexibility index (Phi) is 8.72. The second-order valence-electron chi connectivity index (χ2n) is 6.49. The quantitative estimate of drug-likeness (QED) is 0.618. The van der Waals surface area contributed by atoms with Crippen molar-refractivity contribution in [3.8, 4) is 5.75 Å². The second-order valence-corrected chi connectivity index (χ2v) is 6.49. The van der Waals surface area contributed by atoms with Crippen molar-refractivity contribution in [2.75, 3.05) is 25.1 Å². The van der Waals surface area contributed by atoms with Gasteiger partial charge >= 0.3 is 0 Å². The first-order chi connectivity index (χ1) is 13.3. The van der Waals surface area contributed by atoms with Gasteiger partial charge < -0.3 is 24.5 Å². The Balaban J connectivity index is 0.00000150. The predicted octanol–water partition coefficient (Wildman–Crippen LogP) is 3.07. The van der Waals surface area contributed by atoms with E-state index in [0.717, 1.165) is 17.9 Å². The first-order valence-corrected chi connectivity index (χ1v) is 9.03. The Bertz CT molecular complexity index is 896. The molecular weight excluding hydrogens is 415 g/mol. The highest BCUT2D eigenvalue weighted by molar-refractivity contribution is 5.91. The number of imidazole rings is 1. The van der Waals surface area contributed by atoms with Gasteiger partial charge in [-0.3, -0.25) is 4.79 Å². The highest BCUT2D eigenvalue weighted by Gasteiger charge is 2.17. The minimum atomic E-state index is -0.0458. The maximum atomic E-state index is 12.2. The summed E-state index contributed by atoms with van der Waals surface area (Å²) in [4.78, 5) is 16.7. The molecule has 0 radical (unpaired) electrons. The van der Waals surface area contributed by atoms with Crippen LogP contribution in [0.1, 0.15) is 12.1 Å². The van der Waals surface area contributed by atoms with Crippen molar-refractivity contribution in [3.63, 3.8) is 0 Å². The zero-order valence-electron chi connectivity index (χ0n) is 15.7. The third-order valence-corrected chi connectivity index (χ3v) is 4.35. The van der Waals surface area contributed by atoms with Gasteiger partial charge in [-0.2, -0.15) is 0 Å². The molecule has 1 unspecified atom stereocenters. The fraction of sp³-hybridized carbons (Fsp3) is 0.300. The first kappa shape index (κ1) is 23.0. The first-order valence-electron chi connectivity index (χ1n) is 9.03. The zero-order valence-corrected chi connectivity index (χ0v) is 17.4. The summed E-state index contributed by atoms with van der Waals surface area (Å²) in [6.07, 6.45) is 4.28. The molecule has 1 saturated heterocycles. The number of anilines is 1. The molecule has 2 N–H and O–H groups in total. The molecule has 0 saturated carbocycles. The highest BCUT2D eigenvalue weighted by Crippen LogP contribution is 2.19. The number of ether oxygens (including phenoxy) is 2. The molecule has 7 nitrogen and oxygen atoms in total. The number of carbonyl (C=O) groups excluding carboxylic acids is 1. The molecule has 1 atom stereocenters. The van der Waals surface area contributed by atoms with Crippen LogP contribution in [-0.4, -0.2) is 41.1 Å². The third-order valence-electron chi connectivity index (χ3n) is 4.35. The molecule has 2 aromatic heterocycles. The maximum Gasteiger partial charge on any atom is 0.226 e. The molecule has 1 aromatic carbocycles. The lowest BCUT2D eigenvalue weighted by molar-refractivity contribution is -0.117. The average Bonchev–Trinajstić information content (AvgIpc) is 3.10. The number of hydrogen-bond donors (Lipinski definition) is 2. The highest BCUT2D eigenvalue weighted by atomic mass is 35.5. The van der Waals surface area contributed by atoms with Gasteiger partial charge in [-0.15, -0.1) is 24.8 Å². The molecule has 3 aromatic rings. The third kappa shape index (κ3) is 6.33. The Hall–Kier alpha value is -2.32. The minimum absolute atomic E-state index is 0. The lowest BCUT2D eigenvalue weighted by Crippen LogP contribution is -2.43. The van der Waals surface area contributed by atoms with Crippen molar-refractivity contribution in [2.24, 2.45) is 0 Å². The van der Waals surface area contributed by atoms with Crippen LogP contribution in [0, 0.1) is 0 Å². The minimum Gasteiger partial charge on any atom is -0.487 e. The summed E-state index contributed by atoms with van der Waals surface area (Å²) >= 11 is 0. The molecule has 3 heterocycles. The second kappa shape index (κ2) is 11.0. The van der Waals surface area contributed by atoms with Gasteiger partial charge in [-0.05, 0) is 24.3 Å². The van der Waals surface area contributed by atoms with Crippen molar-refractivity contribution in [1.29, 1.82) is 0 Å². The number of aromatic nitrogens is 2. The largest absolute Gasteiger partial charge is 0.487 e. The fourth-order valence-corrected chi connectivity index (χ4v) is 3.06. The molecule has 0 spiro atoms. The van der Waals surface area contributed by atoms with Crippen LogP contribution < -0.4 is 15.4 Å². The van der Waals surface area contributed by atoms with Crippen molar-refractivity contribution >= 4 is 42.1 Å². The summed E-state index contributed by atoms with van der Waals surface area (Å²) in [5.41, 5.74) is 2.45. The van der Waals surface area contributed by atoms with Crippen molar-refractivity contribution in [3.05, 3.63) is 60.6 Å². The lowest BCUT2D eigenvalue weighted by atomic mass is 10.2. The molecule has 29 heavy (non-hydrogen) atoms. The van der Waals surface area contributed by atoms with E-state index < -0.39 is 0 Å². The van der Waals surface area contributed by atoms with E-state index in [1.807, 2.05) is 59.3 Å². The number of nitrogens with one attached hydrogen (secondary N) is 2. The smallest absolute Gasteiger partial charge is 0.226 e. The summed E-state index contributed by atoms with van der Waals surface area (Å²) in [6, 6.07) is 13.3. The van der Waals surface area contributed by atoms with Crippen molar-refractivity contribution in [1.82, 2.24) is 14.7 Å². The van der Waals surface area contributed by atoms with Crippen LogP contribution in [0.3, 0.4) is 0 Å². The zero-order chi connectivity index (χ0) is 18.5. The van der Waals surface area contributed by atoms with E-state index in [9.17, 15) is 4.79 Å². The Morgan fingerprint density at radius 3 is 2.97 bits per heavy atom. The van der Waals surface area contributed by atoms with Crippen LogP contribution in [0.2, 0.25) is 0 Å². The van der Waals surface area contributed by atoms with Crippen LogP contribution in [0.15, 0.2) is 54.9 Å². The molecule has 0 aliphatic carbocycles. The SMILES string of the molecule is Cl.Cl.O=C(CC1COCCN1)Nc1cccc(OCc2cn3ccccc3n2)c1. The normalized spacial score (nSPS) is 15.8. The van der Waals surface area contributed by atoms with E-state index in [1.165, 1.54) is 0 Å². The van der Waals surface area contributed by atoms with E-state index in [2.05, 4.69) is 15.6 Å². The van der Waals surface area contributed by atoms with Crippen LogP contribution in [-0.2, 0) is 16.1 Å². The van der Waals surface area contributed by atoms with Gasteiger partial charge in [0, 0.05) is 43.2 Å². The van der Waals surface area contributed by atoms with Gasteiger partial charge in [-0.25, -0.2) is 4.98 Å². The van der Waals surface area contributed by atoms with Gasteiger partial charge in [0.05, 0.1) is 18.9 Å². The number of halogens is 2. The van der Waals surface area contributed by atoms with Gasteiger partial charge in [0.15, 0.2) is 0 Å². The average molecular weight is 439 g/mol. The van der Waals surface area contributed by atoms with Gasteiger partial charge in [0.25, 0.3) is 0 Å². The van der Waals surface area contributed by atoms with Crippen molar-refractivity contribution in [2.45, 2.75) is 19.1 Å². The van der Waals surface area contributed by atoms with Gasteiger partial charge in [0.1, 0.15) is 18.0 Å². The summed E-state index contributed by atoms with van der Waals surface area (Å²) < 4.78 is 13.2. The number of carbonyl (C=O) groups is 1. The van der Waals surface area contributed by atoms with Gasteiger partial charge in [0.2, 0.25) is 5.91 Å². The van der Waals surface area contributed by atoms with Gasteiger partial charge in [-0.1, -0.05) is 12.1 Å². The maximum absolute atomic E-state index is 12.2. The Morgan fingerprint density at radius 1 is 1.28 bits per heavy atom. The molecule has 1 fully saturated rings.